The van der Waals surface area contributed by atoms with Crippen molar-refractivity contribution in [3.63, 3.8) is 0 Å². The molecule has 0 saturated heterocycles. The summed E-state index contributed by atoms with van der Waals surface area (Å²) >= 11 is 0. The summed E-state index contributed by atoms with van der Waals surface area (Å²) in [6.45, 7) is 4.39. The number of rotatable bonds is 1. The van der Waals surface area contributed by atoms with Crippen LogP contribution < -0.4 is 4.74 Å². The van der Waals surface area contributed by atoms with Crippen LogP contribution in [0.25, 0.3) is 10.9 Å². The van der Waals surface area contributed by atoms with Crippen molar-refractivity contribution in [2.24, 2.45) is 0 Å². The van der Waals surface area contributed by atoms with Crippen LogP contribution in [0, 0.1) is 6.92 Å². The Kier molecular flexibility index (Phi) is 2.78. The zero-order valence-electron chi connectivity index (χ0n) is 11.3. The lowest BCUT2D eigenvalue weighted by molar-refractivity contribution is 0.352. The molecule has 3 rings (SSSR count). The van der Waals surface area contributed by atoms with Gasteiger partial charge in [-0.1, -0.05) is 0 Å². The van der Waals surface area contributed by atoms with Crippen LogP contribution in [0.2, 0.25) is 0 Å². The maximum absolute atomic E-state index is 5.40. The highest BCUT2D eigenvalue weighted by molar-refractivity contribution is 5.87. The molecular weight excluding hydrogens is 224 g/mol. The maximum atomic E-state index is 5.40. The number of nitrogens with zero attached hydrogens (tertiary/aromatic N) is 1. The standard InChI is InChI=1S/C15H20N2O/c1-10-8-12-11-4-6-17(2)7-5-13(11)16-14(12)9-15(10)18-3/h8-9,16H,4-7H2,1-3H3. The van der Waals surface area contributed by atoms with E-state index in [1.165, 1.54) is 27.7 Å². The molecule has 96 valence electrons. The van der Waals surface area contributed by atoms with Crippen LogP contribution in [0.1, 0.15) is 16.8 Å². The number of benzene rings is 1. The normalized spacial score (nSPS) is 16.6. The van der Waals surface area contributed by atoms with Crippen molar-refractivity contribution >= 4 is 10.9 Å². The zero-order valence-corrected chi connectivity index (χ0v) is 11.3. The number of aromatic nitrogens is 1. The van der Waals surface area contributed by atoms with Crippen LogP contribution in [0.3, 0.4) is 0 Å². The van der Waals surface area contributed by atoms with Crippen molar-refractivity contribution in [1.82, 2.24) is 9.88 Å². The number of aromatic amines is 1. The first-order valence-electron chi connectivity index (χ1n) is 6.55. The van der Waals surface area contributed by atoms with Gasteiger partial charge in [-0.15, -0.1) is 0 Å². The van der Waals surface area contributed by atoms with Gasteiger partial charge < -0.3 is 14.6 Å². The van der Waals surface area contributed by atoms with Gasteiger partial charge in [-0.05, 0) is 37.6 Å². The number of H-pyrrole nitrogens is 1. The Morgan fingerprint density at radius 2 is 2.00 bits per heavy atom. The van der Waals surface area contributed by atoms with E-state index in [0.717, 1.165) is 31.7 Å². The van der Waals surface area contributed by atoms with Crippen LogP contribution in [-0.2, 0) is 12.8 Å². The molecular formula is C15H20N2O. The number of ether oxygens (including phenoxy) is 1. The summed E-state index contributed by atoms with van der Waals surface area (Å²) in [6.07, 6.45) is 2.25. The number of hydrogen-bond donors (Lipinski definition) is 1. The smallest absolute Gasteiger partial charge is 0.123 e. The molecule has 0 saturated carbocycles. The summed E-state index contributed by atoms with van der Waals surface area (Å²) in [5, 5.41) is 1.37. The molecule has 0 radical (unpaired) electrons. The molecule has 0 aliphatic carbocycles. The Balaban J connectivity index is 2.15. The van der Waals surface area contributed by atoms with Gasteiger partial charge >= 0.3 is 0 Å². The molecule has 0 atom stereocenters. The quantitative estimate of drug-likeness (QED) is 0.835. The number of hydrogen-bond acceptors (Lipinski definition) is 2. The van der Waals surface area contributed by atoms with E-state index < -0.39 is 0 Å². The molecule has 0 unspecified atom stereocenters. The minimum atomic E-state index is 0.969. The summed E-state index contributed by atoms with van der Waals surface area (Å²) in [5.74, 6) is 0.969. The SMILES string of the molecule is COc1cc2[nH]c3c(c2cc1C)CCN(C)CC3. The van der Waals surface area contributed by atoms with Crippen molar-refractivity contribution in [3.8, 4) is 5.75 Å². The second-order valence-corrected chi connectivity index (χ2v) is 5.25. The second-order valence-electron chi connectivity index (χ2n) is 5.25. The monoisotopic (exact) mass is 244 g/mol. The number of likely N-dealkylation sites (N-methyl/N-ethyl adjacent to an activating group) is 1. The maximum Gasteiger partial charge on any atom is 0.123 e. The molecule has 1 N–H and O–H groups in total. The lowest BCUT2D eigenvalue weighted by Crippen LogP contribution is -2.21. The Bertz CT molecular complexity index is 586. The van der Waals surface area contributed by atoms with Crippen LogP contribution in [0.15, 0.2) is 12.1 Å². The molecule has 3 heteroatoms. The van der Waals surface area contributed by atoms with E-state index in [1.807, 2.05) is 0 Å². The van der Waals surface area contributed by atoms with Crippen LogP contribution in [0.5, 0.6) is 5.75 Å². The molecule has 0 fully saturated rings. The molecule has 1 aliphatic heterocycles. The van der Waals surface area contributed by atoms with Gasteiger partial charge in [-0.3, -0.25) is 0 Å². The fraction of sp³-hybridized carbons (Fsp3) is 0.467. The van der Waals surface area contributed by atoms with Crippen LogP contribution >= 0.6 is 0 Å². The summed E-state index contributed by atoms with van der Waals surface area (Å²) in [6, 6.07) is 4.39. The van der Waals surface area contributed by atoms with E-state index in [-0.39, 0.29) is 0 Å². The predicted molar refractivity (Wildman–Crippen MR) is 74.5 cm³/mol. The first-order valence-corrected chi connectivity index (χ1v) is 6.55. The van der Waals surface area contributed by atoms with Crippen LogP contribution in [-0.4, -0.2) is 37.1 Å². The van der Waals surface area contributed by atoms with Crippen molar-refractivity contribution in [1.29, 1.82) is 0 Å². The topological polar surface area (TPSA) is 28.3 Å². The first kappa shape index (κ1) is 11.6. The lowest BCUT2D eigenvalue weighted by Gasteiger charge is -2.11. The third-order valence-corrected chi connectivity index (χ3v) is 4.00. The fourth-order valence-corrected chi connectivity index (χ4v) is 2.88. The minimum Gasteiger partial charge on any atom is -0.496 e. The van der Waals surface area contributed by atoms with Gasteiger partial charge in [0.15, 0.2) is 0 Å². The van der Waals surface area contributed by atoms with E-state index >= 15 is 0 Å². The first-order chi connectivity index (χ1) is 8.69. The van der Waals surface area contributed by atoms with Crippen molar-refractivity contribution in [2.75, 3.05) is 27.2 Å². The average molecular weight is 244 g/mol. The molecule has 2 heterocycles. The van der Waals surface area contributed by atoms with E-state index in [2.05, 4.69) is 36.0 Å². The molecule has 0 spiro atoms. The van der Waals surface area contributed by atoms with E-state index in [0.29, 0.717) is 0 Å². The molecule has 0 amide bonds. The molecule has 1 aromatic heterocycles. The van der Waals surface area contributed by atoms with Gasteiger partial charge in [0.05, 0.1) is 7.11 Å². The largest absolute Gasteiger partial charge is 0.496 e. The summed E-state index contributed by atoms with van der Waals surface area (Å²) in [7, 11) is 3.93. The number of methoxy groups -OCH3 is 1. The van der Waals surface area contributed by atoms with Crippen molar-refractivity contribution in [2.45, 2.75) is 19.8 Å². The highest BCUT2D eigenvalue weighted by atomic mass is 16.5. The Morgan fingerprint density at radius 1 is 1.22 bits per heavy atom. The van der Waals surface area contributed by atoms with Gasteiger partial charge in [-0.2, -0.15) is 0 Å². The summed E-state index contributed by atoms with van der Waals surface area (Å²) in [5.41, 5.74) is 5.33. The minimum absolute atomic E-state index is 0.969. The van der Waals surface area contributed by atoms with Crippen LogP contribution in [0.4, 0.5) is 0 Å². The molecule has 2 aromatic rings. The van der Waals surface area contributed by atoms with Crippen molar-refractivity contribution in [3.05, 3.63) is 29.0 Å². The van der Waals surface area contributed by atoms with Gasteiger partial charge in [0.25, 0.3) is 0 Å². The summed E-state index contributed by atoms with van der Waals surface area (Å²) in [4.78, 5) is 5.97. The average Bonchev–Trinajstić information content (AvgIpc) is 2.58. The van der Waals surface area contributed by atoms with E-state index in [1.54, 1.807) is 7.11 Å². The molecule has 0 bridgehead atoms. The lowest BCUT2D eigenvalue weighted by atomic mass is 10.0. The molecule has 1 aliphatic rings. The molecule has 3 nitrogen and oxygen atoms in total. The number of nitrogens with one attached hydrogen (secondary N) is 1. The Morgan fingerprint density at radius 3 is 2.78 bits per heavy atom. The number of fused-ring (bicyclic) bond motifs is 3. The summed E-state index contributed by atoms with van der Waals surface area (Å²) < 4.78 is 5.40. The third-order valence-electron chi connectivity index (χ3n) is 4.00. The predicted octanol–water partition coefficient (Wildman–Crippen LogP) is 2.52. The van der Waals surface area contributed by atoms with E-state index in [4.69, 9.17) is 4.74 Å². The molecule has 1 aromatic carbocycles. The van der Waals surface area contributed by atoms with Gasteiger partial charge in [0.2, 0.25) is 0 Å². The van der Waals surface area contributed by atoms with Gasteiger partial charge in [0, 0.05) is 42.2 Å². The van der Waals surface area contributed by atoms with Gasteiger partial charge in [-0.25, -0.2) is 0 Å². The second kappa shape index (κ2) is 4.32. The Labute approximate surface area is 108 Å². The zero-order chi connectivity index (χ0) is 12.7. The van der Waals surface area contributed by atoms with Gasteiger partial charge in [0.1, 0.15) is 5.75 Å². The Hall–Kier alpha value is -1.48. The van der Waals surface area contributed by atoms with E-state index in [9.17, 15) is 0 Å². The van der Waals surface area contributed by atoms with Crippen molar-refractivity contribution < 1.29 is 4.74 Å². The number of aryl methyl sites for hydroxylation is 1. The molecule has 18 heavy (non-hydrogen) atoms. The highest BCUT2D eigenvalue weighted by Crippen LogP contribution is 2.30. The fourth-order valence-electron chi connectivity index (χ4n) is 2.88. The third kappa shape index (κ3) is 1.79. The highest BCUT2D eigenvalue weighted by Gasteiger charge is 2.17.